The number of phosphoric ester groups is 2. The first-order valence-electron chi connectivity index (χ1n) is 43.9. The minimum atomic E-state index is -4.97. The number of hydrogen-bond acceptors (Lipinski definition) is 15. The Balaban J connectivity index is 5.24. The van der Waals surface area contributed by atoms with E-state index in [4.69, 9.17) is 37.0 Å². The van der Waals surface area contributed by atoms with E-state index in [1.165, 1.54) is 257 Å². The summed E-state index contributed by atoms with van der Waals surface area (Å²) in [4.78, 5) is 73.2. The zero-order chi connectivity index (χ0) is 76.5. The van der Waals surface area contributed by atoms with Crippen LogP contribution in [-0.4, -0.2) is 96.7 Å². The molecule has 104 heavy (non-hydrogen) atoms. The van der Waals surface area contributed by atoms with Crippen LogP contribution in [-0.2, 0) is 65.4 Å². The Morgan fingerprint density at radius 3 is 0.731 bits per heavy atom. The maximum Gasteiger partial charge on any atom is 0.472 e. The Morgan fingerprint density at radius 2 is 0.490 bits per heavy atom. The minimum Gasteiger partial charge on any atom is -0.462 e. The largest absolute Gasteiger partial charge is 0.472 e. The molecule has 3 N–H and O–H groups in total. The van der Waals surface area contributed by atoms with Gasteiger partial charge in [0, 0.05) is 25.7 Å². The predicted octanol–water partition coefficient (Wildman–Crippen LogP) is 25.7. The van der Waals surface area contributed by atoms with Crippen LogP contribution in [0.15, 0.2) is 0 Å². The van der Waals surface area contributed by atoms with Crippen molar-refractivity contribution in [2.45, 2.75) is 465 Å². The summed E-state index contributed by atoms with van der Waals surface area (Å²) in [5.41, 5.74) is 0. The summed E-state index contributed by atoms with van der Waals surface area (Å²) in [5, 5.41) is 10.7. The summed E-state index contributed by atoms with van der Waals surface area (Å²) < 4.78 is 68.9. The average molecular weight is 1520 g/mol. The van der Waals surface area contributed by atoms with Gasteiger partial charge in [0.2, 0.25) is 0 Å². The molecule has 0 saturated carbocycles. The second-order valence-electron chi connectivity index (χ2n) is 31.8. The molecule has 618 valence electrons. The molecular formula is C85H166O17P2. The van der Waals surface area contributed by atoms with Crippen molar-refractivity contribution in [1.29, 1.82) is 0 Å². The van der Waals surface area contributed by atoms with Crippen LogP contribution in [0.1, 0.15) is 447 Å². The second kappa shape index (κ2) is 75.1. The number of phosphoric acid groups is 2. The molecule has 0 aliphatic rings. The van der Waals surface area contributed by atoms with Gasteiger partial charge < -0.3 is 33.8 Å². The molecule has 0 radical (unpaired) electrons. The van der Waals surface area contributed by atoms with Crippen LogP contribution in [0.25, 0.3) is 0 Å². The van der Waals surface area contributed by atoms with Crippen LogP contribution in [0, 0.1) is 17.8 Å². The highest BCUT2D eigenvalue weighted by Gasteiger charge is 2.30. The van der Waals surface area contributed by atoms with E-state index in [-0.39, 0.29) is 25.7 Å². The lowest BCUT2D eigenvalue weighted by Gasteiger charge is -2.21. The molecule has 0 saturated heterocycles. The van der Waals surface area contributed by atoms with Gasteiger partial charge >= 0.3 is 39.5 Å². The number of aliphatic hydroxyl groups excluding tert-OH is 1. The first kappa shape index (κ1) is 102. The summed E-state index contributed by atoms with van der Waals surface area (Å²) in [6, 6.07) is 0. The van der Waals surface area contributed by atoms with Gasteiger partial charge in [-0.05, 0) is 43.4 Å². The highest BCUT2D eigenvalue weighted by molar-refractivity contribution is 7.47. The number of hydrogen-bond donors (Lipinski definition) is 3. The second-order valence-corrected chi connectivity index (χ2v) is 34.7. The molecule has 0 heterocycles. The minimum absolute atomic E-state index is 0.106. The number of carbonyl (C=O) groups is 4. The molecule has 0 fully saturated rings. The van der Waals surface area contributed by atoms with Gasteiger partial charge in [-0.3, -0.25) is 37.3 Å². The Kier molecular flexibility index (Phi) is 73.7. The summed E-state index contributed by atoms with van der Waals surface area (Å²) >= 11 is 0. The van der Waals surface area contributed by atoms with Crippen molar-refractivity contribution in [2.75, 3.05) is 39.6 Å². The number of carbonyl (C=O) groups excluding carboxylic acids is 4. The smallest absolute Gasteiger partial charge is 0.462 e. The maximum absolute atomic E-state index is 13.1. The molecule has 3 unspecified atom stereocenters. The number of rotatable bonds is 83. The van der Waals surface area contributed by atoms with E-state index >= 15 is 0 Å². The fourth-order valence-corrected chi connectivity index (χ4v) is 14.7. The first-order valence-corrected chi connectivity index (χ1v) is 46.9. The molecule has 6 atom stereocenters. The van der Waals surface area contributed by atoms with Gasteiger partial charge in [0.1, 0.15) is 19.3 Å². The molecule has 0 bridgehead atoms. The highest BCUT2D eigenvalue weighted by Crippen LogP contribution is 2.45. The zero-order valence-corrected chi connectivity index (χ0v) is 70.3. The van der Waals surface area contributed by atoms with Crippen molar-refractivity contribution in [1.82, 2.24) is 0 Å². The average Bonchev–Trinajstić information content (AvgIpc) is 0.907. The van der Waals surface area contributed by atoms with Crippen molar-refractivity contribution in [3.63, 3.8) is 0 Å². The lowest BCUT2D eigenvalue weighted by molar-refractivity contribution is -0.161. The van der Waals surface area contributed by atoms with Gasteiger partial charge in [-0.25, -0.2) is 9.13 Å². The Morgan fingerprint density at radius 1 is 0.279 bits per heavy atom. The number of esters is 4. The maximum atomic E-state index is 13.1. The van der Waals surface area contributed by atoms with Gasteiger partial charge in [0.15, 0.2) is 12.2 Å². The highest BCUT2D eigenvalue weighted by atomic mass is 31.2. The molecule has 19 heteroatoms. The number of aliphatic hydroxyl groups is 1. The Labute approximate surface area is 638 Å². The lowest BCUT2D eigenvalue weighted by atomic mass is 9.99. The first-order chi connectivity index (χ1) is 50.3. The summed E-state index contributed by atoms with van der Waals surface area (Å²) in [5.74, 6) is 0.234. The Hall–Kier alpha value is -1.94. The van der Waals surface area contributed by atoms with E-state index in [1.807, 2.05) is 0 Å². The quantitative estimate of drug-likeness (QED) is 0.0222. The molecule has 0 aromatic rings. The number of ether oxygens (including phenoxy) is 4. The van der Waals surface area contributed by atoms with E-state index in [0.717, 1.165) is 108 Å². The van der Waals surface area contributed by atoms with Crippen LogP contribution in [0.5, 0.6) is 0 Å². The summed E-state index contributed by atoms with van der Waals surface area (Å²) in [7, 11) is -9.93. The van der Waals surface area contributed by atoms with Crippen LogP contribution < -0.4 is 0 Å². The van der Waals surface area contributed by atoms with E-state index in [9.17, 15) is 43.2 Å². The van der Waals surface area contributed by atoms with E-state index in [0.29, 0.717) is 25.7 Å². The molecule has 17 nitrogen and oxygen atoms in total. The van der Waals surface area contributed by atoms with Crippen molar-refractivity contribution in [3.8, 4) is 0 Å². The van der Waals surface area contributed by atoms with Crippen LogP contribution in [0.3, 0.4) is 0 Å². The standard InChI is InChI=1S/C85H166O17P2/c1-8-10-11-12-13-14-15-16-17-18-19-20-21-22-23-28-33-38-47-54-61-68-84(89)101-80(72-95-82(87)66-59-52-45-37-32-27-25-24-26-31-36-44-51-58-65-78(7)9-2)74-99-103(91,92)97-70-79(86)71-98-104(93,94)100-75-81(73-96-83(88)67-60-53-46-41-40-43-50-57-64-77(5)6)102-85(90)69-62-55-48-39-34-29-30-35-42-49-56-63-76(3)4/h76-81,86H,8-75H2,1-7H3,(H,91,92)(H,93,94)/t78?,79-,80-,81-/m1/s1. The van der Waals surface area contributed by atoms with Gasteiger partial charge in [-0.15, -0.1) is 0 Å². The fourth-order valence-electron chi connectivity index (χ4n) is 13.2. The molecule has 0 aromatic carbocycles. The zero-order valence-electron chi connectivity index (χ0n) is 68.5. The SMILES string of the molecule is CCCCCCCCCCCCCCCCCCCCCCCC(=O)O[C@H](COC(=O)CCCCCCCCCCCCCCCCC(C)CC)COP(=O)(O)OC[C@@H](O)COP(=O)(O)OC[C@@H](COC(=O)CCCCCCCCCCC(C)C)OC(=O)CCCCCCCCCCCCCC(C)C. The van der Waals surface area contributed by atoms with Gasteiger partial charge in [-0.1, -0.05) is 395 Å². The van der Waals surface area contributed by atoms with Gasteiger partial charge in [0.05, 0.1) is 26.4 Å². The van der Waals surface area contributed by atoms with Crippen molar-refractivity contribution in [2.24, 2.45) is 17.8 Å². The van der Waals surface area contributed by atoms with Crippen LogP contribution in [0.2, 0.25) is 0 Å². The topological polar surface area (TPSA) is 237 Å². The van der Waals surface area contributed by atoms with Crippen LogP contribution in [0.4, 0.5) is 0 Å². The molecular weight excluding hydrogens is 1350 g/mol. The summed E-state index contributed by atoms with van der Waals surface area (Å²) in [6.07, 6.45) is 65.3. The molecule has 0 aromatic heterocycles. The molecule has 0 amide bonds. The van der Waals surface area contributed by atoms with E-state index < -0.39 is 97.5 Å². The normalized spacial score (nSPS) is 14.2. The monoisotopic (exact) mass is 1520 g/mol. The predicted molar refractivity (Wildman–Crippen MR) is 428 cm³/mol. The van der Waals surface area contributed by atoms with Crippen LogP contribution >= 0.6 is 15.6 Å². The van der Waals surface area contributed by atoms with Gasteiger partial charge in [-0.2, -0.15) is 0 Å². The fraction of sp³-hybridized carbons (Fsp3) is 0.953. The molecule has 0 rings (SSSR count). The molecule has 0 spiro atoms. The van der Waals surface area contributed by atoms with Crippen molar-refractivity contribution in [3.05, 3.63) is 0 Å². The van der Waals surface area contributed by atoms with Crippen molar-refractivity contribution < 1.29 is 80.2 Å². The molecule has 0 aliphatic heterocycles. The third kappa shape index (κ3) is 76.8. The molecule has 0 aliphatic carbocycles. The third-order valence-corrected chi connectivity index (χ3v) is 22.1. The lowest BCUT2D eigenvalue weighted by Crippen LogP contribution is -2.30. The summed E-state index contributed by atoms with van der Waals surface area (Å²) in [6.45, 7) is 12.0. The van der Waals surface area contributed by atoms with Gasteiger partial charge in [0.25, 0.3) is 0 Å². The Bertz CT molecular complexity index is 2010. The van der Waals surface area contributed by atoms with Crippen molar-refractivity contribution >= 4 is 39.5 Å². The third-order valence-electron chi connectivity index (χ3n) is 20.2. The van der Waals surface area contributed by atoms with E-state index in [2.05, 4.69) is 48.5 Å². The number of unbranched alkanes of at least 4 members (excludes halogenated alkanes) is 50. The van der Waals surface area contributed by atoms with E-state index in [1.54, 1.807) is 0 Å².